The lowest BCUT2D eigenvalue weighted by molar-refractivity contribution is 0.0557. The first-order valence-corrected chi connectivity index (χ1v) is 7.63. The first kappa shape index (κ1) is 17.2. The molecule has 2 aromatic heterocycles. The third-order valence-electron chi connectivity index (χ3n) is 3.96. The summed E-state index contributed by atoms with van der Waals surface area (Å²) in [5.74, 6) is -1.89. The average molecular weight is 353 g/mol. The molecule has 0 unspecified atom stereocenters. The molecule has 7 nitrogen and oxygen atoms in total. The van der Waals surface area contributed by atoms with E-state index in [0.717, 1.165) is 14.2 Å². The van der Waals surface area contributed by atoms with Gasteiger partial charge in [0.15, 0.2) is 5.43 Å². The van der Waals surface area contributed by atoms with E-state index in [1.807, 2.05) is 0 Å². The van der Waals surface area contributed by atoms with Gasteiger partial charge in [-0.3, -0.25) is 4.79 Å². The summed E-state index contributed by atoms with van der Waals surface area (Å²) in [6.07, 6.45) is 1.38. The van der Waals surface area contributed by atoms with E-state index in [2.05, 4.69) is 0 Å². The van der Waals surface area contributed by atoms with Gasteiger partial charge in [-0.05, 0) is 0 Å². The van der Waals surface area contributed by atoms with Gasteiger partial charge in [-0.15, -0.1) is 0 Å². The summed E-state index contributed by atoms with van der Waals surface area (Å²) >= 11 is 0. The number of benzene rings is 1. The van der Waals surface area contributed by atoms with Crippen LogP contribution in [0.25, 0.3) is 11.3 Å². The van der Waals surface area contributed by atoms with Gasteiger partial charge in [0.05, 0.1) is 19.7 Å². The molecular weight excluding hydrogens is 338 g/mol. The molecule has 132 valence electrons. The number of nitrogens with zero attached hydrogens (tertiary/aromatic N) is 1. The largest absolute Gasteiger partial charge is 0.505 e. The number of aliphatic hydroxyl groups excluding tert-OH is 1. The minimum Gasteiger partial charge on any atom is -0.505 e. The Hall–Kier alpha value is -3.61. The van der Waals surface area contributed by atoms with Crippen LogP contribution in [0.3, 0.4) is 0 Å². The van der Waals surface area contributed by atoms with Crippen LogP contribution in [0.1, 0.15) is 26.3 Å². The number of methoxy groups -OCH3 is 2. The lowest BCUT2D eigenvalue weighted by Gasteiger charge is -2.03. The first-order chi connectivity index (χ1) is 12.5. The van der Waals surface area contributed by atoms with Crippen LogP contribution in [0.5, 0.6) is 0 Å². The van der Waals surface area contributed by atoms with Crippen molar-refractivity contribution >= 4 is 23.2 Å². The van der Waals surface area contributed by atoms with Crippen molar-refractivity contribution in [3.63, 3.8) is 0 Å². The minimum absolute atomic E-state index is 0.0402. The standard InChI is InChI=1S/C19H15NO6/c1-25-18(23)14-13-10-12(21)8-9-20(13)16(15(14)19(24)26-2)17(22)11-6-4-3-5-7-11/h3-10,22H,1-2H3/b17-16+. The molecule has 1 aromatic carbocycles. The Bertz CT molecular complexity index is 1110. The monoisotopic (exact) mass is 353 g/mol. The Morgan fingerprint density at radius 1 is 0.962 bits per heavy atom. The van der Waals surface area contributed by atoms with Gasteiger partial charge in [0.1, 0.15) is 22.2 Å². The van der Waals surface area contributed by atoms with Crippen LogP contribution in [0.15, 0.2) is 53.5 Å². The Morgan fingerprint density at radius 2 is 1.58 bits per heavy atom. The smallest absolute Gasteiger partial charge is 0.341 e. The van der Waals surface area contributed by atoms with Gasteiger partial charge in [0.2, 0.25) is 0 Å². The van der Waals surface area contributed by atoms with Gasteiger partial charge in [0, 0.05) is 23.9 Å². The van der Waals surface area contributed by atoms with E-state index in [4.69, 9.17) is 9.47 Å². The Balaban J connectivity index is 2.59. The van der Waals surface area contributed by atoms with Crippen molar-refractivity contribution in [2.45, 2.75) is 0 Å². The van der Waals surface area contributed by atoms with Crippen LogP contribution in [0, 0.1) is 0 Å². The van der Waals surface area contributed by atoms with E-state index in [1.165, 1.54) is 22.7 Å². The van der Waals surface area contributed by atoms with Crippen molar-refractivity contribution < 1.29 is 24.2 Å². The third-order valence-corrected chi connectivity index (χ3v) is 3.96. The fourth-order valence-electron chi connectivity index (χ4n) is 2.81. The number of aromatic nitrogens is 1. The highest BCUT2D eigenvalue weighted by atomic mass is 16.5. The number of esters is 2. The van der Waals surface area contributed by atoms with E-state index in [9.17, 15) is 19.5 Å². The minimum atomic E-state index is -0.834. The maximum atomic E-state index is 12.4. The first-order valence-electron chi connectivity index (χ1n) is 7.63. The van der Waals surface area contributed by atoms with Crippen molar-refractivity contribution in [2.75, 3.05) is 14.2 Å². The highest BCUT2D eigenvalue weighted by Gasteiger charge is 2.28. The van der Waals surface area contributed by atoms with Crippen LogP contribution in [-0.2, 0) is 9.47 Å². The maximum Gasteiger partial charge on any atom is 0.341 e. The molecule has 3 aromatic rings. The number of carbonyl (C=O) groups excluding carboxylic acids is 2. The van der Waals surface area contributed by atoms with E-state index in [0.29, 0.717) is 5.56 Å². The van der Waals surface area contributed by atoms with Gasteiger partial charge in [-0.2, -0.15) is 0 Å². The molecule has 1 N–H and O–H groups in total. The number of pyridine rings is 1. The zero-order valence-corrected chi connectivity index (χ0v) is 14.1. The quantitative estimate of drug-likeness (QED) is 0.714. The molecule has 7 heteroatoms. The normalized spacial score (nSPS) is 11.9. The molecule has 0 spiro atoms. The average Bonchev–Trinajstić information content (AvgIpc) is 3.00. The maximum absolute atomic E-state index is 12.4. The molecule has 0 aliphatic heterocycles. The van der Waals surface area contributed by atoms with E-state index < -0.39 is 11.9 Å². The van der Waals surface area contributed by atoms with Crippen LogP contribution < -0.4 is 10.8 Å². The zero-order valence-electron chi connectivity index (χ0n) is 14.1. The summed E-state index contributed by atoms with van der Waals surface area (Å²) < 4.78 is 11.0. The molecule has 2 heterocycles. The molecule has 0 atom stereocenters. The Labute approximate surface area is 147 Å². The van der Waals surface area contributed by atoms with Crippen molar-refractivity contribution in [3.8, 4) is 0 Å². The summed E-state index contributed by atoms with van der Waals surface area (Å²) in [6.45, 7) is 0. The molecule has 3 rings (SSSR count). The number of aliphatic hydroxyl groups is 1. The Kier molecular flexibility index (Phi) is 4.45. The fourth-order valence-corrected chi connectivity index (χ4v) is 2.81. The van der Waals surface area contributed by atoms with Crippen molar-refractivity contribution in [2.24, 2.45) is 0 Å². The van der Waals surface area contributed by atoms with Gasteiger partial charge >= 0.3 is 11.9 Å². The fraction of sp³-hybridized carbons (Fsp3) is 0.105. The Morgan fingerprint density at radius 3 is 2.19 bits per heavy atom. The number of hydrogen-bond acceptors (Lipinski definition) is 6. The van der Waals surface area contributed by atoms with Gasteiger partial charge in [-0.25, -0.2) is 9.59 Å². The third kappa shape index (κ3) is 2.69. The SMILES string of the molecule is COC(=O)c1c(C(=O)OC)c2cc(=O)ccn2/c1=C(/O)c1ccccc1. The predicted molar refractivity (Wildman–Crippen MR) is 93.1 cm³/mol. The number of rotatable bonds is 3. The predicted octanol–water partition coefficient (Wildman–Crippen LogP) is 1.31. The molecular formula is C19H15NO6. The topological polar surface area (TPSA) is 94.3 Å². The van der Waals surface area contributed by atoms with Gasteiger partial charge < -0.3 is 19.0 Å². The highest BCUT2D eigenvalue weighted by molar-refractivity contribution is 6.09. The van der Waals surface area contributed by atoms with Gasteiger partial charge in [-0.1, -0.05) is 30.3 Å². The summed E-state index contributed by atoms with van der Waals surface area (Å²) in [4.78, 5) is 36.5. The van der Waals surface area contributed by atoms with E-state index in [1.54, 1.807) is 30.3 Å². The second-order valence-electron chi connectivity index (χ2n) is 5.41. The number of hydrogen-bond donors (Lipinski definition) is 1. The zero-order chi connectivity index (χ0) is 18.8. The lowest BCUT2D eigenvalue weighted by atomic mass is 10.1. The summed E-state index contributed by atoms with van der Waals surface area (Å²) in [6, 6.07) is 11.0. The molecule has 0 saturated heterocycles. The molecule has 0 aliphatic rings. The van der Waals surface area contributed by atoms with Crippen LogP contribution in [-0.4, -0.2) is 35.7 Å². The molecule has 0 bridgehead atoms. The van der Waals surface area contributed by atoms with Crippen molar-refractivity contribution in [1.82, 2.24) is 4.40 Å². The molecule has 0 aliphatic carbocycles. The molecule has 0 saturated carbocycles. The number of ether oxygens (including phenoxy) is 2. The molecule has 26 heavy (non-hydrogen) atoms. The van der Waals surface area contributed by atoms with Crippen LogP contribution in [0.4, 0.5) is 0 Å². The summed E-state index contributed by atoms with van der Waals surface area (Å²) in [5, 5.41) is 10.9. The van der Waals surface area contributed by atoms with Crippen LogP contribution >= 0.6 is 0 Å². The van der Waals surface area contributed by atoms with E-state index >= 15 is 0 Å². The van der Waals surface area contributed by atoms with Crippen LogP contribution in [0.2, 0.25) is 0 Å². The summed E-state index contributed by atoms with van der Waals surface area (Å²) in [7, 11) is 2.32. The second-order valence-corrected chi connectivity index (χ2v) is 5.41. The van der Waals surface area contributed by atoms with Crippen molar-refractivity contribution in [3.05, 3.63) is 80.9 Å². The summed E-state index contributed by atoms with van der Waals surface area (Å²) in [5.41, 5.74) is -0.106. The number of carbonyl (C=O) groups is 2. The van der Waals surface area contributed by atoms with Gasteiger partial charge in [0.25, 0.3) is 0 Å². The molecule has 0 amide bonds. The molecule has 0 radical (unpaired) electrons. The van der Waals surface area contributed by atoms with Crippen molar-refractivity contribution in [1.29, 1.82) is 0 Å². The highest BCUT2D eigenvalue weighted by Crippen LogP contribution is 2.18. The number of fused-ring (bicyclic) bond motifs is 1. The second kappa shape index (κ2) is 6.72. The molecule has 0 fully saturated rings. The lowest BCUT2D eigenvalue weighted by Crippen LogP contribution is -2.24. The van der Waals surface area contributed by atoms with E-state index in [-0.39, 0.29) is 33.2 Å².